The van der Waals surface area contributed by atoms with Gasteiger partial charge in [0.15, 0.2) is 0 Å². The summed E-state index contributed by atoms with van der Waals surface area (Å²) in [5, 5.41) is 6.46. The summed E-state index contributed by atoms with van der Waals surface area (Å²) in [6.45, 7) is 18.6. The maximum Gasteiger partial charge on any atom is 0.329 e. The van der Waals surface area contributed by atoms with E-state index in [4.69, 9.17) is 20.6 Å². The smallest absolute Gasteiger partial charge is 0.329 e. The van der Waals surface area contributed by atoms with Gasteiger partial charge in [-0.15, -0.1) is 6.42 Å². The predicted molar refractivity (Wildman–Crippen MR) is 212 cm³/mol. The largest absolute Gasteiger partial charge is 0.460 e. The van der Waals surface area contributed by atoms with E-state index < -0.39 is 52.7 Å². The molecule has 0 saturated heterocycles. The molecule has 0 bridgehead atoms. The lowest BCUT2D eigenvalue weighted by Crippen LogP contribution is -2.45. The van der Waals surface area contributed by atoms with Crippen LogP contribution in [-0.2, 0) is 35.1 Å². The van der Waals surface area contributed by atoms with Crippen molar-refractivity contribution in [3.8, 4) is 12.3 Å². The molecule has 298 valence electrons. The van der Waals surface area contributed by atoms with Gasteiger partial charge in [0.05, 0.1) is 17.4 Å². The number of anilines is 1. The van der Waals surface area contributed by atoms with Crippen molar-refractivity contribution in [1.82, 2.24) is 20.6 Å². The van der Waals surface area contributed by atoms with Gasteiger partial charge in [-0.2, -0.15) is 0 Å². The summed E-state index contributed by atoms with van der Waals surface area (Å²) >= 11 is 0. The first kappa shape index (κ1) is 44.2. The lowest BCUT2D eigenvalue weighted by atomic mass is 10.1. The molecule has 0 aliphatic carbocycles. The summed E-state index contributed by atoms with van der Waals surface area (Å²) in [4.78, 5) is 73.8. The quantitative estimate of drug-likeness (QED) is 0.0729. The van der Waals surface area contributed by atoms with Crippen molar-refractivity contribution in [2.75, 3.05) is 18.0 Å². The van der Waals surface area contributed by atoms with E-state index in [0.717, 1.165) is 11.3 Å². The van der Waals surface area contributed by atoms with Gasteiger partial charge in [-0.1, -0.05) is 12.0 Å². The van der Waals surface area contributed by atoms with Crippen molar-refractivity contribution in [3.63, 3.8) is 0 Å². The summed E-state index contributed by atoms with van der Waals surface area (Å²) in [5.74, 6) is 1.21. The predicted octanol–water partition coefficient (Wildman–Crippen LogP) is 5.51. The van der Waals surface area contributed by atoms with E-state index in [0.29, 0.717) is 35.3 Å². The van der Waals surface area contributed by atoms with Crippen molar-refractivity contribution < 1.29 is 33.4 Å². The van der Waals surface area contributed by atoms with Crippen LogP contribution in [0.2, 0.25) is 0 Å². The molecule has 3 N–H and O–H groups in total. The Hall–Kier alpha value is -5.22. The normalized spacial score (nSPS) is 13.0. The van der Waals surface area contributed by atoms with E-state index >= 15 is 0 Å². The zero-order valence-corrected chi connectivity index (χ0v) is 33.9. The monoisotopic (exact) mass is 759 g/mol. The molecule has 1 amide bonds. The van der Waals surface area contributed by atoms with Gasteiger partial charge in [0.1, 0.15) is 34.7 Å². The first-order chi connectivity index (χ1) is 25.5. The second-order valence-corrected chi connectivity index (χ2v) is 16.5. The van der Waals surface area contributed by atoms with Crippen LogP contribution in [0.25, 0.3) is 10.9 Å². The molecule has 0 saturated carbocycles. The summed E-state index contributed by atoms with van der Waals surface area (Å²) in [6, 6.07) is 10.6. The van der Waals surface area contributed by atoms with Crippen LogP contribution in [0, 0.1) is 19.3 Å². The minimum atomic E-state index is -0.984. The van der Waals surface area contributed by atoms with E-state index in [1.54, 1.807) is 106 Å². The molecule has 2 atom stereocenters. The minimum Gasteiger partial charge on any atom is -0.460 e. The number of ether oxygens (including phenoxy) is 3. The maximum absolute atomic E-state index is 13.5. The number of rotatable bonds is 16. The number of carbonyl (C=O) groups is 4. The van der Waals surface area contributed by atoms with Gasteiger partial charge in [-0.25, -0.2) is 9.78 Å². The number of aromatic nitrogens is 2. The van der Waals surface area contributed by atoms with Gasteiger partial charge in [0, 0.05) is 24.2 Å². The van der Waals surface area contributed by atoms with Crippen LogP contribution >= 0.6 is 0 Å². The number of hydrogen-bond acceptors (Lipinski definition) is 11. The summed E-state index contributed by atoms with van der Waals surface area (Å²) in [5.41, 5.74) is 0.136. The second-order valence-electron chi connectivity index (χ2n) is 16.5. The Morgan fingerprint density at radius 1 is 0.855 bits per heavy atom. The van der Waals surface area contributed by atoms with E-state index in [1.165, 1.54) is 0 Å². The Kier molecular flexibility index (Phi) is 15.2. The number of nitrogens with one attached hydrogen (secondary N) is 3. The van der Waals surface area contributed by atoms with Crippen molar-refractivity contribution in [2.45, 2.75) is 130 Å². The van der Waals surface area contributed by atoms with E-state index in [-0.39, 0.29) is 37.9 Å². The number of aromatic amines is 1. The summed E-state index contributed by atoms with van der Waals surface area (Å²) in [6.07, 6.45) is 6.45. The van der Waals surface area contributed by atoms with Crippen molar-refractivity contribution in [2.24, 2.45) is 0 Å². The molecule has 3 aromatic rings. The molecule has 1 aromatic heterocycles. The maximum atomic E-state index is 13.5. The Morgan fingerprint density at radius 2 is 1.45 bits per heavy atom. The van der Waals surface area contributed by atoms with Crippen LogP contribution in [0.3, 0.4) is 0 Å². The van der Waals surface area contributed by atoms with Gasteiger partial charge in [-0.3, -0.25) is 19.2 Å². The van der Waals surface area contributed by atoms with Crippen LogP contribution in [-0.4, -0.2) is 75.8 Å². The fourth-order valence-corrected chi connectivity index (χ4v) is 5.57. The van der Waals surface area contributed by atoms with E-state index in [9.17, 15) is 24.0 Å². The molecular weight excluding hydrogens is 702 g/mol. The second kappa shape index (κ2) is 18.9. The molecule has 2 aromatic carbocycles. The Balaban J connectivity index is 1.70. The third kappa shape index (κ3) is 15.2. The third-order valence-corrected chi connectivity index (χ3v) is 7.84. The SMILES string of the molecule is C#CCN(Cc1ccc2nc(C)[nH]c(=O)c2c1)c1ccc(C(=O)N[C@@H](CCCN[C@@H](CCC(=O)OC(C)(C)C)C(=O)OC(C)(C)C)C(=O)OC(C)(C)C)cc1. The third-order valence-electron chi connectivity index (χ3n) is 7.84. The van der Waals surface area contributed by atoms with Crippen molar-refractivity contribution >= 4 is 40.4 Å². The van der Waals surface area contributed by atoms with Crippen LogP contribution in [0.1, 0.15) is 110 Å². The average Bonchev–Trinajstić information content (AvgIpc) is 3.05. The van der Waals surface area contributed by atoms with Crippen LogP contribution in [0.15, 0.2) is 47.3 Å². The lowest BCUT2D eigenvalue weighted by Gasteiger charge is -2.26. The number of hydrogen-bond donors (Lipinski definition) is 3. The van der Waals surface area contributed by atoms with Crippen LogP contribution < -0.4 is 21.1 Å². The molecule has 0 radical (unpaired) electrons. The van der Waals surface area contributed by atoms with Gasteiger partial charge in [0.2, 0.25) is 0 Å². The average molecular weight is 760 g/mol. The highest BCUT2D eigenvalue weighted by Crippen LogP contribution is 2.21. The number of fused-ring (bicyclic) bond motifs is 1. The minimum absolute atomic E-state index is 0.00603. The standard InChI is InChI=1S/C42H57N5O8/c1-12-24-47(26-28-15-20-32-31(25-28)37(50)45-27(2)44-32)30-18-16-29(17-19-30)36(49)46-34(39(52)55-42(9,10)11)14-13-23-43-33(38(51)54-41(6,7)8)21-22-35(48)53-40(3,4)5/h1,15-20,25,33-34,43H,13-14,21-24,26H2,2-11H3,(H,46,49)(H,44,45,50)/t33-,34-/m0/s1. The highest BCUT2D eigenvalue weighted by atomic mass is 16.6. The number of H-pyrrole nitrogens is 1. The highest BCUT2D eigenvalue weighted by molar-refractivity contribution is 5.97. The molecule has 0 aliphatic rings. The number of carbonyl (C=O) groups excluding carboxylic acids is 4. The molecule has 0 spiro atoms. The lowest BCUT2D eigenvalue weighted by molar-refractivity contribution is -0.160. The molecule has 13 heteroatoms. The van der Waals surface area contributed by atoms with Gasteiger partial charge in [-0.05, 0) is 137 Å². The number of amides is 1. The Morgan fingerprint density at radius 3 is 2.04 bits per heavy atom. The number of esters is 3. The number of terminal acetylenes is 1. The molecule has 0 aliphatic heterocycles. The Labute approximate surface area is 324 Å². The van der Waals surface area contributed by atoms with Crippen molar-refractivity contribution in [3.05, 3.63) is 69.8 Å². The number of benzene rings is 2. The number of nitrogens with zero attached hydrogens (tertiary/aromatic N) is 2. The summed E-state index contributed by atoms with van der Waals surface area (Å²) < 4.78 is 16.6. The molecule has 13 nitrogen and oxygen atoms in total. The fourth-order valence-electron chi connectivity index (χ4n) is 5.57. The van der Waals surface area contributed by atoms with E-state index in [1.807, 2.05) is 11.0 Å². The summed E-state index contributed by atoms with van der Waals surface area (Å²) in [7, 11) is 0. The van der Waals surface area contributed by atoms with Crippen molar-refractivity contribution in [1.29, 1.82) is 0 Å². The molecule has 0 fully saturated rings. The first-order valence-electron chi connectivity index (χ1n) is 18.5. The Bertz CT molecular complexity index is 1910. The zero-order valence-electron chi connectivity index (χ0n) is 33.9. The molecule has 0 unspecified atom stereocenters. The number of aryl methyl sites for hydroxylation is 1. The molecular formula is C42H57N5O8. The first-order valence-corrected chi connectivity index (χ1v) is 18.5. The van der Waals surface area contributed by atoms with Crippen LogP contribution in [0.4, 0.5) is 5.69 Å². The van der Waals surface area contributed by atoms with Gasteiger partial charge >= 0.3 is 17.9 Å². The van der Waals surface area contributed by atoms with Crippen LogP contribution in [0.5, 0.6) is 0 Å². The highest BCUT2D eigenvalue weighted by Gasteiger charge is 2.29. The fraction of sp³-hybridized carbons (Fsp3) is 0.524. The van der Waals surface area contributed by atoms with Gasteiger partial charge in [0.25, 0.3) is 11.5 Å². The zero-order chi connectivity index (χ0) is 41.1. The topological polar surface area (TPSA) is 169 Å². The van der Waals surface area contributed by atoms with E-state index in [2.05, 4.69) is 26.5 Å². The molecule has 55 heavy (non-hydrogen) atoms. The molecule has 1 heterocycles. The van der Waals surface area contributed by atoms with Gasteiger partial charge < -0.3 is 34.7 Å². The molecule has 3 rings (SSSR count).